The minimum Gasteiger partial charge on any atom is -0.480 e. The Labute approximate surface area is 317 Å². The molecule has 9 nitrogen and oxygen atoms in total. The van der Waals surface area contributed by atoms with Crippen molar-refractivity contribution in [3.63, 3.8) is 0 Å². The normalized spacial score (nSPS) is 16.0. The fourth-order valence-corrected chi connectivity index (χ4v) is 9.39. The molecule has 1 unspecified atom stereocenters. The van der Waals surface area contributed by atoms with Gasteiger partial charge in [-0.1, -0.05) is 78.9 Å². The van der Waals surface area contributed by atoms with Crippen LogP contribution in [0.5, 0.6) is 0 Å². The van der Waals surface area contributed by atoms with E-state index >= 15 is 0 Å². The van der Waals surface area contributed by atoms with Crippen molar-refractivity contribution >= 4 is 31.6 Å². The summed E-state index contributed by atoms with van der Waals surface area (Å²) in [6.07, 6.45) is -2.96. The number of hydrogen-bond acceptors (Lipinski definition) is 7. The first-order valence-electron chi connectivity index (χ1n) is 17.3. The zero-order valence-corrected chi connectivity index (χ0v) is 31.1. The molecule has 3 atom stereocenters. The molecule has 55 heavy (non-hydrogen) atoms. The van der Waals surface area contributed by atoms with Crippen LogP contribution in [0.3, 0.4) is 0 Å². The monoisotopic (exact) mass is 790 g/mol. The number of carbonyl (C=O) groups is 2. The van der Waals surface area contributed by atoms with E-state index in [2.05, 4.69) is 5.32 Å². The minimum absolute atomic E-state index is 0.0491. The number of benzene rings is 5. The van der Waals surface area contributed by atoms with Crippen molar-refractivity contribution in [1.29, 1.82) is 0 Å². The largest absolute Gasteiger partial charge is 0.480 e. The molecule has 1 aliphatic rings. The maximum Gasteiger partial charge on any atom is 0.416 e. The average molecular weight is 791 g/mol. The Bertz CT molecular complexity index is 2360. The predicted octanol–water partition coefficient (Wildman–Crippen LogP) is 7.13. The van der Waals surface area contributed by atoms with E-state index in [1.807, 2.05) is 42.5 Å². The molecule has 1 heterocycles. The van der Waals surface area contributed by atoms with Crippen LogP contribution in [-0.4, -0.2) is 69.0 Å². The second-order valence-electron chi connectivity index (χ2n) is 13.4. The molecule has 1 amide bonds. The van der Waals surface area contributed by atoms with Gasteiger partial charge < -0.3 is 15.3 Å². The summed E-state index contributed by atoms with van der Waals surface area (Å²) < 4.78 is 93.3. The second kappa shape index (κ2) is 15.8. The Morgan fingerprint density at radius 1 is 0.745 bits per heavy atom. The third-order valence-electron chi connectivity index (χ3n) is 9.64. The third kappa shape index (κ3) is 8.82. The van der Waals surface area contributed by atoms with Crippen LogP contribution in [0.25, 0.3) is 22.3 Å². The van der Waals surface area contributed by atoms with Crippen molar-refractivity contribution in [2.24, 2.45) is 0 Å². The molecule has 2 N–H and O–H groups in total. The number of carboxylic acid groups (broad SMARTS) is 1. The van der Waals surface area contributed by atoms with Crippen molar-refractivity contribution in [3.05, 3.63) is 144 Å². The number of carboxylic acids is 1. The Morgan fingerprint density at radius 2 is 1.25 bits per heavy atom. The second-order valence-corrected chi connectivity index (χ2v) is 17.4. The van der Waals surface area contributed by atoms with Gasteiger partial charge in [0.2, 0.25) is 9.84 Å². The molecule has 1 fully saturated rings. The van der Waals surface area contributed by atoms with Crippen LogP contribution in [0.4, 0.5) is 13.2 Å². The zero-order valence-electron chi connectivity index (χ0n) is 29.5. The molecule has 6 rings (SSSR count). The van der Waals surface area contributed by atoms with E-state index in [1.54, 1.807) is 12.1 Å². The first kappa shape index (κ1) is 39.4. The van der Waals surface area contributed by atoms with Crippen molar-refractivity contribution < 1.29 is 44.7 Å². The molecular formula is C41H37F3N2O7S2. The molecule has 0 aliphatic carbocycles. The molecular weight excluding hydrogens is 754 g/mol. The van der Waals surface area contributed by atoms with E-state index in [9.17, 15) is 44.7 Å². The Kier molecular flexibility index (Phi) is 11.3. The highest BCUT2D eigenvalue weighted by atomic mass is 32.2. The number of nitrogens with zero attached hydrogens (tertiary/aromatic N) is 1. The average Bonchev–Trinajstić information content (AvgIpc) is 3.70. The molecule has 14 heteroatoms. The number of aliphatic carboxylic acids is 1. The molecule has 0 aromatic heterocycles. The summed E-state index contributed by atoms with van der Waals surface area (Å²) in [6.45, 7) is 0.409. The maximum atomic E-state index is 14.8. The lowest BCUT2D eigenvalue weighted by Gasteiger charge is -2.39. The molecule has 1 aliphatic heterocycles. The third-order valence-corrected chi connectivity index (χ3v) is 12.9. The van der Waals surface area contributed by atoms with Gasteiger partial charge in [0.1, 0.15) is 6.04 Å². The predicted molar refractivity (Wildman–Crippen MR) is 202 cm³/mol. The fraction of sp³-hybridized carbons (Fsp3) is 0.220. The summed E-state index contributed by atoms with van der Waals surface area (Å²) in [5.74, 6) is -2.35. The quantitative estimate of drug-likeness (QED) is 0.136. The number of carbonyl (C=O) groups excluding carboxylic acids is 1. The number of rotatable bonds is 12. The van der Waals surface area contributed by atoms with Crippen LogP contribution in [0.15, 0.2) is 137 Å². The van der Waals surface area contributed by atoms with Crippen LogP contribution < -0.4 is 5.32 Å². The summed E-state index contributed by atoms with van der Waals surface area (Å²) in [6, 6.07) is 28.7. The number of hydrogen-bond donors (Lipinski definition) is 2. The van der Waals surface area contributed by atoms with Crippen LogP contribution in [0, 0.1) is 0 Å². The molecule has 5 aromatic rings. The number of halogens is 3. The van der Waals surface area contributed by atoms with Crippen LogP contribution >= 0.6 is 0 Å². The maximum absolute atomic E-state index is 14.8. The van der Waals surface area contributed by atoms with Crippen LogP contribution in [-0.2, 0) is 37.1 Å². The van der Waals surface area contributed by atoms with E-state index in [-0.39, 0.29) is 21.8 Å². The summed E-state index contributed by atoms with van der Waals surface area (Å²) in [7, 11) is -8.27. The van der Waals surface area contributed by atoms with Gasteiger partial charge in [0.05, 0.1) is 15.4 Å². The highest BCUT2D eigenvalue weighted by molar-refractivity contribution is 7.92. The van der Waals surface area contributed by atoms with Gasteiger partial charge in [-0.25, -0.2) is 21.6 Å². The van der Waals surface area contributed by atoms with Gasteiger partial charge in [0.25, 0.3) is 5.91 Å². The summed E-state index contributed by atoms with van der Waals surface area (Å²) in [4.78, 5) is 28.5. The summed E-state index contributed by atoms with van der Waals surface area (Å²) >= 11 is 0. The standard InChI is InChI=1S/C41H37F3N2O7S2/c1-54(50,51)34-21-23-35(24-22-34)55(52,53)39(36-8-5-25-45-36)46(37(40(48)49)26-27-9-11-29(12-10-27)28-6-3-2-4-7-28)38(47)32-15-13-30(14-16-32)31-17-19-33(20-18-31)41(42,43)44/h2-4,6-7,9-24,36-37,39,45H,5,8,25-26H2,1H3,(H,48,49)/t36-,37+,39?/m1/s1. The lowest BCUT2D eigenvalue weighted by atomic mass is 9.98. The summed E-state index contributed by atoms with van der Waals surface area (Å²) in [5.41, 5.74) is 2.35. The molecule has 0 radical (unpaired) electrons. The number of amides is 1. The lowest BCUT2D eigenvalue weighted by molar-refractivity contribution is -0.142. The lowest BCUT2D eigenvalue weighted by Crippen LogP contribution is -2.60. The first-order valence-corrected chi connectivity index (χ1v) is 20.7. The molecule has 1 saturated heterocycles. The number of nitrogens with one attached hydrogen (secondary N) is 1. The molecule has 0 spiro atoms. The van der Waals surface area contributed by atoms with Gasteiger partial charge in [-0.05, 0) is 95.7 Å². The van der Waals surface area contributed by atoms with E-state index in [1.165, 1.54) is 36.4 Å². The Morgan fingerprint density at radius 3 is 1.75 bits per heavy atom. The highest BCUT2D eigenvalue weighted by Crippen LogP contribution is 2.33. The number of sulfone groups is 2. The highest BCUT2D eigenvalue weighted by Gasteiger charge is 2.47. The minimum atomic E-state index is -4.59. The molecule has 286 valence electrons. The smallest absolute Gasteiger partial charge is 0.416 e. The van der Waals surface area contributed by atoms with Crippen molar-refractivity contribution in [1.82, 2.24) is 10.2 Å². The SMILES string of the molecule is CS(=O)(=O)c1ccc(S(=O)(=O)C([C@H]2CCCN2)N(C(=O)c2ccc(-c3ccc(C(F)(F)F)cc3)cc2)[C@@H](Cc2ccc(-c3ccccc3)cc2)C(=O)O)cc1. The molecule has 0 saturated carbocycles. The number of alkyl halides is 3. The van der Waals surface area contributed by atoms with Crippen LogP contribution in [0.2, 0.25) is 0 Å². The molecule has 5 aromatic carbocycles. The van der Waals surface area contributed by atoms with Crippen molar-refractivity contribution in [2.45, 2.75) is 52.7 Å². The van der Waals surface area contributed by atoms with E-state index in [0.29, 0.717) is 36.1 Å². The van der Waals surface area contributed by atoms with Gasteiger partial charge in [0, 0.05) is 24.3 Å². The Hall–Kier alpha value is -5.31. The van der Waals surface area contributed by atoms with E-state index < -0.39 is 60.7 Å². The van der Waals surface area contributed by atoms with Crippen LogP contribution in [0.1, 0.15) is 34.3 Å². The van der Waals surface area contributed by atoms with Gasteiger partial charge in [-0.2, -0.15) is 13.2 Å². The topological polar surface area (TPSA) is 138 Å². The van der Waals surface area contributed by atoms with E-state index in [0.717, 1.165) is 58.7 Å². The Balaban J connectivity index is 1.44. The van der Waals surface area contributed by atoms with Gasteiger partial charge in [-0.15, -0.1) is 0 Å². The summed E-state index contributed by atoms with van der Waals surface area (Å²) in [5, 5.41) is 12.2. The van der Waals surface area contributed by atoms with Crippen molar-refractivity contribution in [3.8, 4) is 22.3 Å². The van der Waals surface area contributed by atoms with E-state index in [4.69, 9.17) is 0 Å². The van der Waals surface area contributed by atoms with Gasteiger partial charge in [-0.3, -0.25) is 4.79 Å². The fourth-order valence-electron chi connectivity index (χ4n) is 6.76. The zero-order chi connectivity index (χ0) is 39.5. The van der Waals surface area contributed by atoms with Gasteiger partial charge in [0.15, 0.2) is 15.2 Å². The van der Waals surface area contributed by atoms with Gasteiger partial charge >= 0.3 is 12.1 Å². The first-order chi connectivity index (χ1) is 26.0. The molecule has 0 bridgehead atoms. The van der Waals surface area contributed by atoms with Crippen molar-refractivity contribution in [2.75, 3.05) is 12.8 Å².